The number of benzene rings is 3. The van der Waals surface area contributed by atoms with Gasteiger partial charge in [0.25, 0.3) is 0 Å². The average Bonchev–Trinajstić information content (AvgIpc) is 3.52. The van der Waals surface area contributed by atoms with Gasteiger partial charge in [0.1, 0.15) is 0 Å². The second kappa shape index (κ2) is 13.9. The molecule has 2 heterocycles. The van der Waals surface area contributed by atoms with Crippen LogP contribution in [0.4, 0.5) is 5.69 Å². The molecule has 220 valence electrons. The van der Waals surface area contributed by atoms with Gasteiger partial charge in [0.05, 0.1) is 25.7 Å². The molecule has 4 atom stereocenters. The number of carboxylic acid groups (broad SMARTS) is 1. The number of hydrogen-bond acceptors (Lipinski definition) is 5. The van der Waals surface area contributed by atoms with Crippen LogP contribution in [0.1, 0.15) is 42.1 Å². The summed E-state index contributed by atoms with van der Waals surface area (Å²) in [6, 6.07) is 27.8. The van der Waals surface area contributed by atoms with E-state index in [0.717, 1.165) is 48.3 Å². The highest BCUT2D eigenvalue weighted by Gasteiger charge is 2.27. The molecule has 0 radical (unpaired) electrons. The van der Waals surface area contributed by atoms with Gasteiger partial charge >= 0.3 is 5.97 Å². The molecule has 4 aromatic rings. The Kier molecular flexibility index (Phi) is 9.86. The zero-order valence-electron chi connectivity index (χ0n) is 23.6. The summed E-state index contributed by atoms with van der Waals surface area (Å²) in [6.07, 6.45) is 1.60. The highest BCUT2D eigenvalue weighted by molar-refractivity contribution is 7.80. The van der Waals surface area contributed by atoms with Crippen molar-refractivity contribution in [2.24, 2.45) is 5.92 Å². The van der Waals surface area contributed by atoms with E-state index in [1.807, 2.05) is 24.4 Å². The molecule has 5 rings (SSSR count). The molecule has 0 saturated carbocycles. The van der Waals surface area contributed by atoms with Crippen LogP contribution in [0, 0.1) is 5.92 Å². The third-order valence-electron chi connectivity index (χ3n) is 7.88. The first-order valence-electron chi connectivity index (χ1n) is 14.2. The molecule has 42 heavy (non-hydrogen) atoms. The molecule has 0 bridgehead atoms. The predicted octanol–water partition coefficient (Wildman–Crippen LogP) is 5.60. The third-order valence-corrected chi connectivity index (χ3v) is 8.66. The number of aromatic nitrogens is 1. The number of ether oxygens (including phenoxy) is 1. The molecule has 1 aromatic heterocycles. The maximum absolute atomic E-state index is 12.5. The van der Waals surface area contributed by atoms with Crippen molar-refractivity contribution in [2.45, 2.75) is 25.3 Å². The number of aromatic amines is 1. The Morgan fingerprint density at radius 2 is 1.71 bits per heavy atom. The normalized spacial score (nSPS) is 16.8. The van der Waals surface area contributed by atoms with Crippen LogP contribution >= 0.6 is 0 Å². The smallest absolute Gasteiger partial charge is 0.305 e. The predicted molar refractivity (Wildman–Crippen MR) is 164 cm³/mol. The molecule has 4 unspecified atom stereocenters. The molecule has 1 aliphatic heterocycles. The van der Waals surface area contributed by atoms with Crippen molar-refractivity contribution in [3.8, 4) is 11.1 Å². The molecule has 1 fully saturated rings. The fourth-order valence-corrected chi connectivity index (χ4v) is 6.59. The van der Waals surface area contributed by atoms with Gasteiger partial charge in [-0.1, -0.05) is 73.7 Å². The minimum atomic E-state index is -2.70. The van der Waals surface area contributed by atoms with Crippen molar-refractivity contribution in [3.05, 3.63) is 114 Å². The standard InChI is InChI=1S/C33H37N3O5S/c1-24(23-35-17-19-41-20-18-35)33(30-11-6-16-34-30)27-14-12-25(13-15-27)28-9-5-10-29(21-28)36(42(39)40)31(22-32(37)38)26-7-3-2-4-8-26/h2-16,21,24,31,33-34H,17-20,22-23H2,1H3,(H,37,38)(H,39,40)/p-1. The summed E-state index contributed by atoms with van der Waals surface area (Å²) in [5, 5.41) is 9.59. The van der Waals surface area contributed by atoms with Gasteiger partial charge in [-0.3, -0.25) is 18.2 Å². The fourth-order valence-electron chi connectivity index (χ4n) is 5.90. The van der Waals surface area contributed by atoms with Crippen molar-refractivity contribution in [1.29, 1.82) is 0 Å². The number of carbonyl (C=O) groups is 1. The largest absolute Gasteiger partial charge is 0.755 e. The van der Waals surface area contributed by atoms with Crippen molar-refractivity contribution < 1.29 is 23.4 Å². The Morgan fingerprint density at radius 1 is 0.976 bits per heavy atom. The highest BCUT2D eigenvalue weighted by atomic mass is 32.2. The topological polar surface area (TPSA) is 109 Å². The second-order valence-corrected chi connectivity index (χ2v) is 11.6. The molecule has 2 N–H and O–H groups in total. The third kappa shape index (κ3) is 7.17. The van der Waals surface area contributed by atoms with E-state index in [2.05, 4.69) is 47.1 Å². The molecule has 0 aliphatic carbocycles. The average molecular weight is 587 g/mol. The van der Waals surface area contributed by atoms with Gasteiger partial charge in [0.2, 0.25) is 0 Å². The van der Waals surface area contributed by atoms with E-state index in [-0.39, 0.29) is 12.3 Å². The lowest BCUT2D eigenvalue weighted by Crippen LogP contribution is -2.40. The number of nitrogens with zero attached hydrogens (tertiary/aromatic N) is 2. The quantitative estimate of drug-likeness (QED) is 0.209. The highest BCUT2D eigenvalue weighted by Crippen LogP contribution is 2.36. The Morgan fingerprint density at radius 3 is 2.36 bits per heavy atom. The van der Waals surface area contributed by atoms with Crippen LogP contribution in [0.5, 0.6) is 0 Å². The van der Waals surface area contributed by atoms with E-state index < -0.39 is 23.3 Å². The van der Waals surface area contributed by atoms with Crippen LogP contribution in [0.25, 0.3) is 11.1 Å². The molecular formula is C33H36N3O5S-. The van der Waals surface area contributed by atoms with Gasteiger partial charge in [-0.2, -0.15) is 0 Å². The fraction of sp³-hybridized carbons (Fsp3) is 0.303. The Bertz CT molecular complexity index is 1460. The van der Waals surface area contributed by atoms with E-state index in [1.54, 1.807) is 42.5 Å². The first-order valence-corrected chi connectivity index (χ1v) is 15.2. The van der Waals surface area contributed by atoms with E-state index in [4.69, 9.17) is 4.74 Å². The molecule has 3 aromatic carbocycles. The zero-order chi connectivity index (χ0) is 29.5. The van der Waals surface area contributed by atoms with Gasteiger partial charge in [0, 0.05) is 54.4 Å². The number of rotatable bonds is 12. The monoisotopic (exact) mass is 586 g/mol. The summed E-state index contributed by atoms with van der Waals surface area (Å²) in [5.74, 6) is -0.532. The number of anilines is 1. The SMILES string of the molecule is CC(CN1CCOCC1)C(c1ccc(-c2cccc(N(C(CC(=O)O)c3ccccc3)S(=O)[O-])c2)cc1)c1ccc[nH]1. The van der Waals surface area contributed by atoms with E-state index in [1.165, 1.54) is 11.3 Å². The van der Waals surface area contributed by atoms with Crippen molar-refractivity contribution in [1.82, 2.24) is 9.88 Å². The summed E-state index contributed by atoms with van der Waals surface area (Å²) in [6.45, 7) is 6.69. The molecule has 1 saturated heterocycles. The lowest BCUT2D eigenvalue weighted by atomic mass is 9.83. The molecule has 9 heteroatoms. The Hall–Kier alpha value is -3.76. The molecule has 8 nitrogen and oxygen atoms in total. The van der Waals surface area contributed by atoms with E-state index in [0.29, 0.717) is 17.2 Å². The molecule has 0 spiro atoms. The van der Waals surface area contributed by atoms with Crippen LogP contribution in [0.15, 0.2) is 97.2 Å². The summed E-state index contributed by atoms with van der Waals surface area (Å²) in [5.41, 5.74) is 5.17. The van der Waals surface area contributed by atoms with E-state index in [9.17, 15) is 18.7 Å². The number of aliphatic carboxylic acids is 1. The lowest BCUT2D eigenvalue weighted by molar-refractivity contribution is -0.137. The first kappa shape index (κ1) is 29.7. The van der Waals surface area contributed by atoms with Crippen LogP contribution in [0.2, 0.25) is 0 Å². The minimum absolute atomic E-state index is 0.184. The van der Waals surface area contributed by atoms with Crippen molar-refractivity contribution in [2.75, 3.05) is 37.2 Å². The number of H-pyrrole nitrogens is 1. The maximum Gasteiger partial charge on any atom is 0.305 e. The Labute approximate surface area is 249 Å². The second-order valence-electron chi connectivity index (χ2n) is 10.7. The molecule has 0 amide bonds. The maximum atomic E-state index is 12.5. The van der Waals surface area contributed by atoms with Gasteiger partial charge in [-0.15, -0.1) is 0 Å². The van der Waals surface area contributed by atoms with Crippen LogP contribution in [0.3, 0.4) is 0 Å². The van der Waals surface area contributed by atoms with Crippen LogP contribution in [-0.2, 0) is 20.8 Å². The van der Waals surface area contributed by atoms with Gasteiger partial charge in [-0.05, 0) is 52.4 Å². The van der Waals surface area contributed by atoms with Crippen molar-refractivity contribution in [3.63, 3.8) is 0 Å². The minimum Gasteiger partial charge on any atom is -0.755 e. The van der Waals surface area contributed by atoms with Crippen LogP contribution < -0.4 is 4.31 Å². The molecule has 1 aliphatic rings. The molecular weight excluding hydrogens is 550 g/mol. The lowest BCUT2D eigenvalue weighted by Gasteiger charge is -2.34. The number of hydrogen-bond donors (Lipinski definition) is 2. The van der Waals surface area contributed by atoms with Crippen molar-refractivity contribution >= 4 is 22.9 Å². The Balaban J connectivity index is 1.42. The van der Waals surface area contributed by atoms with Gasteiger partial charge in [-0.25, -0.2) is 0 Å². The summed E-state index contributed by atoms with van der Waals surface area (Å²) >= 11 is -2.70. The summed E-state index contributed by atoms with van der Waals surface area (Å²) < 4.78 is 31.7. The van der Waals surface area contributed by atoms with Crippen LogP contribution in [-0.4, -0.2) is 62.6 Å². The first-order chi connectivity index (χ1) is 20.4. The van der Waals surface area contributed by atoms with E-state index >= 15 is 0 Å². The number of morpholine rings is 1. The van der Waals surface area contributed by atoms with Gasteiger partial charge in [0.15, 0.2) is 0 Å². The van der Waals surface area contributed by atoms with Gasteiger partial charge < -0.3 is 19.4 Å². The number of nitrogens with one attached hydrogen (secondary N) is 1. The summed E-state index contributed by atoms with van der Waals surface area (Å²) in [4.78, 5) is 17.6. The number of carboxylic acids is 1. The zero-order valence-corrected chi connectivity index (χ0v) is 24.4. The summed E-state index contributed by atoms with van der Waals surface area (Å²) in [7, 11) is 0.